The molecule has 1 nitrogen and oxygen atoms in total. The Bertz CT molecular complexity index is 825. The fourth-order valence-electron chi connectivity index (χ4n) is 0.516. The Morgan fingerprint density at radius 1 is 0.857 bits per heavy atom. The van der Waals surface area contributed by atoms with Gasteiger partial charge in [0, 0.05) is 26.0 Å². The first kappa shape index (κ1) is 1.62. The van der Waals surface area contributed by atoms with E-state index in [2.05, 4.69) is 0 Å². The van der Waals surface area contributed by atoms with Crippen molar-refractivity contribution in [1.82, 2.24) is 0 Å². The fraction of sp³-hybridized carbons (Fsp3) is 1.00. The Balaban J connectivity index is 0. The van der Waals surface area contributed by atoms with Crippen molar-refractivity contribution in [1.29, 1.82) is 0 Å². The van der Waals surface area contributed by atoms with Gasteiger partial charge in [0.05, 0.1) is 37.0 Å². The van der Waals surface area contributed by atoms with E-state index in [1.54, 1.807) is 0 Å². The molecule has 0 aromatic heterocycles. The topological polar surface area (TPSA) is 0 Å². The number of hydrogen-bond donors (Lipinski definition) is 0. The third-order valence-electron chi connectivity index (χ3n) is 0.903. The van der Waals surface area contributed by atoms with Crippen molar-refractivity contribution in [2.45, 2.75) is 52.9 Å². The average molecular weight is 249 g/mol. The summed E-state index contributed by atoms with van der Waals surface area (Å²) < 4.78 is 209. The molecule has 0 aromatic carbocycles. The summed E-state index contributed by atoms with van der Waals surface area (Å²) in [5.74, 6) is 0. The molecule has 88 valence electrons. The van der Waals surface area contributed by atoms with Crippen LogP contribution in [0.5, 0.6) is 0 Å². The van der Waals surface area contributed by atoms with Crippen LogP contribution in [0.4, 0.5) is 0 Å². The Kier molecular flexibility index (Phi) is 1.14. The highest BCUT2D eigenvalue weighted by atomic mass is 35.5. The molecule has 0 heterocycles. The van der Waals surface area contributed by atoms with Crippen molar-refractivity contribution in [3.05, 3.63) is 0 Å². The molecule has 0 rings (SSSR count). The number of hydrogen-bond acceptors (Lipinski definition) is 0. The molecule has 0 saturated heterocycles. The van der Waals surface area contributed by atoms with Crippen LogP contribution in [-0.4, -0.2) is 30.5 Å². The molecule has 0 fully saturated rings. The highest BCUT2D eigenvalue weighted by molar-refractivity contribution is 4.43. The van der Waals surface area contributed by atoms with Gasteiger partial charge in [0.2, 0.25) is 0 Å². The molecule has 0 aliphatic carbocycles. The largest absolute Gasteiger partial charge is 1.00 e. The highest BCUT2D eigenvalue weighted by Crippen LogP contribution is 2.12. The van der Waals surface area contributed by atoms with Crippen LogP contribution in [0.25, 0.3) is 0 Å². The van der Waals surface area contributed by atoms with Gasteiger partial charge in [-0.2, -0.15) is 0 Å². The number of halogens is 1. The SMILES string of the molecule is [2H]C([2H])C([2H])([2H])C([2H])([2H])[N+](C([2H])([2H])C([2H])([2H])C([2H])([2H])[2H])(C([2H])([2H])C([2H])([2H])C([2H])([2H])[2H])C([2H])([2H])C([2H])([2H])C([2H])([2H])[2H].[Cl-]. The smallest absolute Gasteiger partial charge is 0.0924 e. The zero-order valence-electron chi connectivity index (χ0n) is 33.9. The minimum Gasteiger partial charge on any atom is -1.00 e. The second-order valence-corrected chi connectivity index (χ2v) is 1.64. The Labute approximate surface area is 135 Å². The van der Waals surface area contributed by atoms with Gasteiger partial charge in [0.1, 0.15) is 0 Å². The van der Waals surface area contributed by atoms with Crippen LogP contribution in [-0.2, 0) is 0 Å². The number of rotatable bonds is 8. The Hall–Kier alpha value is 0.250. The van der Waals surface area contributed by atoms with Crippen molar-refractivity contribution in [3.8, 4) is 0 Å². The molecule has 0 amide bonds. The summed E-state index contributed by atoms with van der Waals surface area (Å²) in [4.78, 5) is 0. The standard InChI is InChI=1S/C12H28N.ClH/c1-5-9-13(10-6-2,11-7-3)12-8-4;/h5-12H2,1-4H3;1H/q+1;/p-1/i1D2,2D3,3D3,4D3,5D2,6D2,7D2,8D2,9D2,10D2,11D2,12D2;. The van der Waals surface area contributed by atoms with Gasteiger partial charge in [-0.05, 0) is 25.5 Å². The predicted molar refractivity (Wildman–Crippen MR) is 60.9 cm³/mol. The summed E-state index contributed by atoms with van der Waals surface area (Å²) in [6.07, 6.45) is -19.2. The second-order valence-electron chi connectivity index (χ2n) is 1.64. The molecule has 14 heavy (non-hydrogen) atoms. The maximum atomic E-state index is 8.44. The van der Waals surface area contributed by atoms with Crippen LogP contribution in [0.1, 0.15) is 89.9 Å². The molecule has 0 N–H and O–H groups in total. The van der Waals surface area contributed by atoms with Crippen molar-refractivity contribution in [2.24, 2.45) is 0 Å². The van der Waals surface area contributed by atoms with Crippen molar-refractivity contribution < 1.29 is 53.9 Å². The van der Waals surface area contributed by atoms with Gasteiger partial charge in [-0.25, -0.2) is 0 Å². The first-order valence-electron chi connectivity index (χ1n) is 16.6. The summed E-state index contributed by atoms with van der Waals surface area (Å²) in [6.45, 7) is -38.0. The van der Waals surface area contributed by atoms with E-state index in [9.17, 15) is 0 Å². The van der Waals surface area contributed by atoms with Crippen LogP contribution >= 0.6 is 0 Å². The summed E-state index contributed by atoms with van der Waals surface area (Å²) in [5, 5.41) is 0. The van der Waals surface area contributed by atoms with Crippen molar-refractivity contribution in [2.75, 3.05) is 26.0 Å². The van der Waals surface area contributed by atoms with Crippen LogP contribution in [0.2, 0.25) is 0 Å². The van der Waals surface area contributed by atoms with Crippen LogP contribution in [0.3, 0.4) is 0 Å². The lowest BCUT2D eigenvalue weighted by molar-refractivity contribution is -0.928. The van der Waals surface area contributed by atoms with E-state index in [0.717, 1.165) is 0 Å². The van der Waals surface area contributed by atoms with Gasteiger partial charge in [-0.15, -0.1) is 0 Å². The second kappa shape index (κ2) is 9.79. The third kappa shape index (κ3) is 5.87. The van der Waals surface area contributed by atoms with Gasteiger partial charge < -0.3 is 16.9 Å². The minimum absolute atomic E-state index is 0. The first-order chi connectivity index (χ1) is 16.7. The molecule has 0 atom stereocenters. The van der Waals surface area contributed by atoms with E-state index < -0.39 is 83.4 Å². The van der Waals surface area contributed by atoms with Crippen LogP contribution < -0.4 is 12.4 Å². The Morgan fingerprint density at radius 2 is 1.29 bits per heavy atom. The summed E-state index contributed by atoms with van der Waals surface area (Å²) in [6, 6.07) is 0. The maximum Gasteiger partial charge on any atom is 0.0924 e. The van der Waals surface area contributed by atoms with Crippen LogP contribution in [0, 0.1) is 0 Å². The maximum absolute atomic E-state index is 8.44. The summed E-state index contributed by atoms with van der Waals surface area (Å²) in [5.41, 5.74) is 0. The summed E-state index contributed by atoms with van der Waals surface area (Å²) >= 11 is 0. The van der Waals surface area contributed by atoms with Crippen LogP contribution in [0.15, 0.2) is 0 Å². The van der Waals surface area contributed by atoms with E-state index in [1.165, 1.54) is 0 Å². The molecule has 0 unspecified atom stereocenters. The normalized spacial score (nSPS) is 50.8. The van der Waals surface area contributed by atoms with Gasteiger partial charge >= 0.3 is 0 Å². The molecule has 0 saturated carbocycles. The van der Waals surface area contributed by atoms with Gasteiger partial charge in [0.25, 0.3) is 0 Å². The average Bonchev–Trinajstić information content (AvgIpc) is 2.63. The first-order valence-corrected chi connectivity index (χ1v) is 2.93. The Morgan fingerprint density at radius 3 is 1.64 bits per heavy atom. The molecule has 2 heteroatoms. The van der Waals surface area contributed by atoms with E-state index in [-0.39, 0.29) is 12.4 Å². The molecule has 0 aliphatic rings. The van der Waals surface area contributed by atoms with E-state index in [4.69, 9.17) is 37.0 Å². The van der Waals surface area contributed by atoms with Gasteiger partial charge in [0.15, 0.2) is 0 Å². The lowest BCUT2D eigenvalue weighted by Gasteiger charge is -2.38. The van der Waals surface area contributed by atoms with E-state index >= 15 is 0 Å². The molecular formula is C12H28ClN. The molecule has 0 bridgehead atoms. The van der Waals surface area contributed by atoms with E-state index in [1.807, 2.05) is 0 Å². The van der Waals surface area contributed by atoms with Crippen molar-refractivity contribution >= 4 is 0 Å². The predicted octanol–water partition coefficient (Wildman–Crippen LogP) is 0.447. The fourth-order valence-corrected chi connectivity index (χ4v) is 0.516. The number of nitrogens with zero attached hydrogens (tertiary/aromatic N) is 1. The molecule has 0 aromatic rings. The molecule has 0 aliphatic heterocycles. The monoisotopic (exact) mass is 248 g/mol. The molecular weight excluding hydrogens is 194 g/mol. The van der Waals surface area contributed by atoms with E-state index in [0.29, 0.717) is 0 Å². The lowest BCUT2D eigenvalue weighted by Crippen LogP contribution is -3.00. The van der Waals surface area contributed by atoms with Gasteiger partial charge in [-0.1, -0.05) is 27.4 Å². The quantitative estimate of drug-likeness (QED) is 0.548. The highest BCUT2D eigenvalue weighted by Gasteiger charge is 2.22. The van der Waals surface area contributed by atoms with Gasteiger partial charge in [-0.3, -0.25) is 0 Å². The lowest BCUT2D eigenvalue weighted by atomic mass is 10.2. The molecule has 0 spiro atoms. The summed E-state index contributed by atoms with van der Waals surface area (Å²) in [7, 11) is 0. The third-order valence-corrected chi connectivity index (χ3v) is 0.903. The van der Waals surface area contributed by atoms with Crippen molar-refractivity contribution in [3.63, 3.8) is 0 Å². The zero-order chi connectivity index (χ0) is 33.6. The number of quaternary nitrogens is 1. The minimum atomic E-state index is -5.37. The zero-order valence-corrected chi connectivity index (χ0v) is 7.66. The molecule has 0 radical (unpaired) electrons.